The van der Waals surface area contributed by atoms with E-state index in [1.165, 1.54) is 12.1 Å². The Kier molecular flexibility index (Phi) is 6.44. The smallest absolute Gasteiger partial charge is 0.246 e. The summed E-state index contributed by atoms with van der Waals surface area (Å²) in [6, 6.07) is 11.1. The molecule has 3 rings (SSSR count). The van der Waals surface area contributed by atoms with Crippen molar-refractivity contribution in [2.45, 2.75) is 6.92 Å². The van der Waals surface area contributed by atoms with Gasteiger partial charge in [0.2, 0.25) is 11.8 Å². The third-order valence-corrected chi connectivity index (χ3v) is 5.38. The summed E-state index contributed by atoms with van der Waals surface area (Å²) >= 11 is 6.34. The van der Waals surface area contributed by atoms with Crippen LogP contribution < -0.4 is 5.32 Å². The second-order valence-corrected chi connectivity index (χ2v) is 7.34. The first-order valence-electron chi connectivity index (χ1n) is 9.42. The van der Waals surface area contributed by atoms with E-state index in [4.69, 9.17) is 11.6 Å². The molecule has 1 aliphatic rings. The Morgan fingerprint density at radius 1 is 1.14 bits per heavy atom. The number of phenolic OH excluding ortho intramolecular Hbond substituents is 1. The number of hydrogen-bond acceptors (Lipinski definition) is 4. The van der Waals surface area contributed by atoms with Crippen molar-refractivity contribution in [3.05, 3.63) is 59.6 Å². The van der Waals surface area contributed by atoms with Gasteiger partial charge < -0.3 is 20.2 Å². The average molecular weight is 414 g/mol. The van der Waals surface area contributed by atoms with Gasteiger partial charge in [0.15, 0.2) is 0 Å². The zero-order valence-electron chi connectivity index (χ0n) is 16.3. The molecule has 1 fully saturated rings. The quantitative estimate of drug-likeness (QED) is 0.582. The molecule has 29 heavy (non-hydrogen) atoms. The molecule has 152 valence electrons. The van der Waals surface area contributed by atoms with Gasteiger partial charge in [0.05, 0.1) is 17.3 Å². The molecule has 0 spiro atoms. The van der Waals surface area contributed by atoms with Gasteiger partial charge in [-0.3, -0.25) is 9.59 Å². The van der Waals surface area contributed by atoms with Crippen molar-refractivity contribution in [3.63, 3.8) is 0 Å². The molecule has 0 aliphatic carbocycles. The third-order valence-electron chi connectivity index (χ3n) is 5.07. The fraction of sp³-hybridized carbons (Fsp3) is 0.273. The highest BCUT2D eigenvalue weighted by molar-refractivity contribution is 6.33. The summed E-state index contributed by atoms with van der Waals surface area (Å²) < 4.78 is 0. The van der Waals surface area contributed by atoms with Crippen LogP contribution in [0.2, 0.25) is 5.02 Å². The molecule has 6 nitrogen and oxygen atoms in total. The lowest BCUT2D eigenvalue weighted by Gasteiger charge is -2.34. The zero-order valence-corrected chi connectivity index (χ0v) is 17.1. The number of anilines is 1. The number of hydrogen-bond donors (Lipinski definition) is 2. The number of benzene rings is 2. The molecule has 1 heterocycles. The minimum atomic E-state index is -0.120. The summed E-state index contributed by atoms with van der Waals surface area (Å²) in [5.74, 6) is -0.228. The Hall–Kier alpha value is -2.99. The van der Waals surface area contributed by atoms with Crippen LogP contribution in [0.1, 0.15) is 5.56 Å². The predicted octanol–water partition coefficient (Wildman–Crippen LogP) is 3.29. The van der Waals surface area contributed by atoms with Crippen molar-refractivity contribution in [2.75, 3.05) is 38.0 Å². The number of nitrogens with zero attached hydrogens (tertiary/aromatic N) is 2. The van der Waals surface area contributed by atoms with Crippen LogP contribution in [0.25, 0.3) is 11.1 Å². The number of aromatic hydroxyl groups is 1. The molecule has 0 atom stereocenters. The average Bonchev–Trinajstić information content (AvgIpc) is 2.73. The van der Waals surface area contributed by atoms with Crippen molar-refractivity contribution in [1.82, 2.24) is 9.80 Å². The van der Waals surface area contributed by atoms with Gasteiger partial charge in [-0.25, -0.2) is 0 Å². The molecule has 1 aliphatic heterocycles. The Morgan fingerprint density at radius 3 is 2.45 bits per heavy atom. The first kappa shape index (κ1) is 20.7. The third kappa shape index (κ3) is 4.71. The number of piperazine rings is 1. The van der Waals surface area contributed by atoms with E-state index >= 15 is 0 Å². The molecule has 2 aromatic carbocycles. The van der Waals surface area contributed by atoms with Gasteiger partial charge in [-0.05, 0) is 30.2 Å². The van der Waals surface area contributed by atoms with Crippen LogP contribution in [-0.4, -0.2) is 59.4 Å². The number of halogens is 1. The molecule has 2 aromatic rings. The summed E-state index contributed by atoms with van der Waals surface area (Å²) in [5.41, 5.74) is 3.26. The zero-order chi connectivity index (χ0) is 21.0. The minimum Gasteiger partial charge on any atom is -0.506 e. The lowest BCUT2D eigenvalue weighted by atomic mass is 10.00. The summed E-state index contributed by atoms with van der Waals surface area (Å²) in [6.45, 7) is 7.44. The van der Waals surface area contributed by atoms with E-state index < -0.39 is 0 Å². The Bertz CT molecular complexity index is 937. The van der Waals surface area contributed by atoms with Crippen LogP contribution >= 0.6 is 11.6 Å². The lowest BCUT2D eigenvalue weighted by Crippen LogP contribution is -2.51. The second kappa shape index (κ2) is 9.01. The fourth-order valence-corrected chi connectivity index (χ4v) is 3.63. The van der Waals surface area contributed by atoms with E-state index in [2.05, 4.69) is 11.9 Å². The van der Waals surface area contributed by atoms with Crippen LogP contribution in [0.5, 0.6) is 5.75 Å². The number of phenols is 1. The topological polar surface area (TPSA) is 72.9 Å². The molecule has 2 N–H and O–H groups in total. The number of nitrogens with one attached hydrogen (secondary N) is 1. The van der Waals surface area contributed by atoms with E-state index in [0.717, 1.165) is 16.7 Å². The molecule has 0 aromatic heterocycles. The largest absolute Gasteiger partial charge is 0.506 e. The van der Waals surface area contributed by atoms with Gasteiger partial charge in [-0.1, -0.05) is 42.4 Å². The van der Waals surface area contributed by atoms with Crippen molar-refractivity contribution in [3.8, 4) is 16.9 Å². The summed E-state index contributed by atoms with van der Waals surface area (Å²) in [7, 11) is 0. The van der Waals surface area contributed by atoms with E-state index in [0.29, 0.717) is 36.9 Å². The highest BCUT2D eigenvalue weighted by Gasteiger charge is 2.23. The molecule has 2 amide bonds. The van der Waals surface area contributed by atoms with Crippen LogP contribution in [0.3, 0.4) is 0 Å². The normalized spacial score (nSPS) is 13.9. The maximum absolute atomic E-state index is 12.5. The highest BCUT2D eigenvalue weighted by Crippen LogP contribution is 2.37. The first-order chi connectivity index (χ1) is 13.9. The van der Waals surface area contributed by atoms with Crippen molar-refractivity contribution in [2.24, 2.45) is 0 Å². The number of rotatable bonds is 5. The molecular weight excluding hydrogens is 390 g/mol. The Labute approximate surface area is 175 Å². The van der Waals surface area contributed by atoms with E-state index in [-0.39, 0.29) is 24.1 Å². The van der Waals surface area contributed by atoms with Crippen LogP contribution in [0.15, 0.2) is 49.1 Å². The minimum absolute atomic E-state index is 0.0125. The number of carbonyl (C=O) groups is 2. The first-order valence-corrected chi connectivity index (χ1v) is 9.80. The molecule has 0 bridgehead atoms. The van der Waals surface area contributed by atoms with Gasteiger partial charge in [0, 0.05) is 37.8 Å². The SMILES string of the molecule is C=CC(=O)N1CCN(C(=O)CNc2cc(-c3ccccc3C)c(Cl)cc2O)CC1. The van der Waals surface area contributed by atoms with Gasteiger partial charge in [-0.2, -0.15) is 0 Å². The van der Waals surface area contributed by atoms with Crippen molar-refractivity contribution < 1.29 is 14.7 Å². The maximum atomic E-state index is 12.5. The lowest BCUT2D eigenvalue weighted by molar-refractivity contribution is -0.135. The molecular formula is C22H24ClN3O3. The monoisotopic (exact) mass is 413 g/mol. The number of amides is 2. The molecule has 7 heteroatoms. The van der Waals surface area contributed by atoms with Crippen molar-refractivity contribution >= 4 is 29.1 Å². The highest BCUT2D eigenvalue weighted by atomic mass is 35.5. The number of carbonyl (C=O) groups excluding carboxylic acids is 2. The number of aryl methyl sites for hydroxylation is 1. The Balaban J connectivity index is 1.67. The molecule has 1 saturated heterocycles. The summed E-state index contributed by atoms with van der Waals surface area (Å²) in [4.78, 5) is 27.6. The summed E-state index contributed by atoms with van der Waals surface area (Å²) in [5, 5.41) is 13.7. The van der Waals surface area contributed by atoms with E-state index in [1.807, 2.05) is 31.2 Å². The Morgan fingerprint density at radius 2 is 1.79 bits per heavy atom. The maximum Gasteiger partial charge on any atom is 0.246 e. The van der Waals surface area contributed by atoms with Gasteiger partial charge in [0.25, 0.3) is 0 Å². The van der Waals surface area contributed by atoms with Crippen LogP contribution in [-0.2, 0) is 9.59 Å². The molecule has 0 radical (unpaired) electrons. The molecule has 0 saturated carbocycles. The van der Waals surface area contributed by atoms with E-state index in [9.17, 15) is 14.7 Å². The van der Waals surface area contributed by atoms with Crippen LogP contribution in [0, 0.1) is 6.92 Å². The van der Waals surface area contributed by atoms with Gasteiger partial charge in [0.1, 0.15) is 5.75 Å². The second-order valence-electron chi connectivity index (χ2n) is 6.93. The van der Waals surface area contributed by atoms with Gasteiger partial charge >= 0.3 is 0 Å². The standard InChI is InChI=1S/C22H24ClN3O3/c1-3-21(28)25-8-10-26(11-9-25)22(29)14-24-19-12-17(18(23)13-20(19)27)16-7-5-4-6-15(16)2/h3-7,12-13,24,27H,1,8-11,14H2,2H3. The van der Waals surface area contributed by atoms with E-state index in [1.54, 1.807) is 15.9 Å². The fourth-order valence-electron chi connectivity index (χ4n) is 3.37. The predicted molar refractivity (Wildman–Crippen MR) is 115 cm³/mol. The molecule has 0 unspecified atom stereocenters. The van der Waals surface area contributed by atoms with Crippen LogP contribution in [0.4, 0.5) is 5.69 Å². The summed E-state index contributed by atoms with van der Waals surface area (Å²) in [6.07, 6.45) is 1.29. The van der Waals surface area contributed by atoms with Gasteiger partial charge in [-0.15, -0.1) is 0 Å². The van der Waals surface area contributed by atoms with Crippen molar-refractivity contribution in [1.29, 1.82) is 0 Å².